The maximum Gasteiger partial charge on any atom is 0.245 e. The van der Waals surface area contributed by atoms with Crippen LogP contribution in [0.2, 0.25) is 0 Å². The van der Waals surface area contributed by atoms with Crippen LogP contribution in [0.3, 0.4) is 0 Å². The summed E-state index contributed by atoms with van der Waals surface area (Å²) < 4.78 is 0. The van der Waals surface area contributed by atoms with Crippen LogP contribution < -0.4 is 5.32 Å². The summed E-state index contributed by atoms with van der Waals surface area (Å²) in [7, 11) is 0. The number of hydrogen-bond donors (Lipinski definition) is 1. The Balaban J connectivity index is 2.59. The van der Waals surface area contributed by atoms with Gasteiger partial charge >= 0.3 is 0 Å². The van der Waals surface area contributed by atoms with Gasteiger partial charge < -0.3 is 5.32 Å². The van der Waals surface area contributed by atoms with Crippen molar-refractivity contribution in [2.75, 3.05) is 6.54 Å². The van der Waals surface area contributed by atoms with Crippen LogP contribution in [-0.4, -0.2) is 24.6 Å². The molecule has 4 heteroatoms. The van der Waals surface area contributed by atoms with Crippen LogP contribution in [0.15, 0.2) is 4.99 Å². The molecule has 0 aromatic rings. The van der Waals surface area contributed by atoms with Crippen molar-refractivity contribution in [3.63, 3.8) is 0 Å². The van der Waals surface area contributed by atoms with Gasteiger partial charge in [0.1, 0.15) is 6.04 Å². The van der Waals surface area contributed by atoms with Gasteiger partial charge in [0.05, 0.1) is 0 Å². The zero-order chi connectivity index (χ0) is 8.10. The predicted molar refractivity (Wildman–Crippen MR) is 38.8 cm³/mol. The van der Waals surface area contributed by atoms with E-state index in [1.54, 1.807) is 0 Å². The molecule has 1 aliphatic heterocycles. The average Bonchev–Trinajstić information content (AvgIpc) is 2.18. The van der Waals surface area contributed by atoms with Gasteiger partial charge in [0.2, 0.25) is 12.0 Å². The summed E-state index contributed by atoms with van der Waals surface area (Å²) in [6.45, 7) is 0.698. The molecule has 60 valence electrons. The Morgan fingerprint density at radius 2 is 2.36 bits per heavy atom. The van der Waals surface area contributed by atoms with E-state index in [9.17, 15) is 9.59 Å². The van der Waals surface area contributed by atoms with Gasteiger partial charge in [-0.15, -0.1) is 0 Å². The molecule has 0 radical (unpaired) electrons. The van der Waals surface area contributed by atoms with Crippen molar-refractivity contribution in [3.05, 3.63) is 0 Å². The van der Waals surface area contributed by atoms with Crippen molar-refractivity contribution < 1.29 is 9.59 Å². The molecule has 0 bridgehead atoms. The summed E-state index contributed by atoms with van der Waals surface area (Å²) in [4.78, 5) is 24.3. The van der Waals surface area contributed by atoms with Crippen molar-refractivity contribution in [2.24, 2.45) is 4.99 Å². The molecule has 1 atom stereocenters. The van der Waals surface area contributed by atoms with Crippen LogP contribution in [0.4, 0.5) is 0 Å². The van der Waals surface area contributed by atoms with E-state index in [0.717, 1.165) is 12.8 Å². The normalized spacial score (nSPS) is 24.7. The number of amides is 1. The molecule has 4 nitrogen and oxygen atoms in total. The Bertz CT molecular complexity index is 197. The van der Waals surface area contributed by atoms with E-state index in [1.165, 1.54) is 6.08 Å². The van der Waals surface area contributed by atoms with E-state index in [4.69, 9.17) is 0 Å². The highest BCUT2D eigenvalue weighted by Gasteiger charge is 2.18. The first-order chi connectivity index (χ1) is 5.34. The van der Waals surface area contributed by atoms with Crippen molar-refractivity contribution in [3.8, 4) is 0 Å². The Morgan fingerprint density at radius 3 is 3.09 bits per heavy atom. The average molecular weight is 154 g/mol. The number of isocyanates is 1. The SMILES string of the molecule is O=C=NC1CCCCNC1=O. The Morgan fingerprint density at radius 1 is 1.55 bits per heavy atom. The molecule has 1 rings (SSSR count). The molecular weight excluding hydrogens is 144 g/mol. The second-order valence-electron chi connectivity index (χ2n) is 2.52. The van der Waals surface area contributed by atoms with Gasteiger partial charge in [-0.25, -0.2) is 4.79 Å². The number of nitrogens with one attached hydrogen (secondary N) is 1. The van der Waals surface area contributed by atoms with Gasteiger partial charge in [-0.1, -0.05) is 0 Å². The van der Waals surface area contributed by atoms with Gasteiger partial charge in [0.15, 0.2) is 0 Å². The maximum atomic E-state index is 11.0. The third-order valence-corrected chi connectivity index (χ3v) is 1.71. The van der Waals surface area contributed by atoms with Crippen LogP contribution >= 0.6 is 0 Å². The molecule has 0 saturated carbocycles. The summed E-state index contributed by atoms with van der Waals surface area (Å²) in [6.07, 6.45) is 3.99. The molecule has 1 aliphatic rings. The fraction of sp³-hybridized carbons (Fsp3) is 0.714. The van der Waals surface area contributed by atoms with Crippen molar-refractivity contribution in [1.82, 2.24) is 5.32 Å². The van der Waals surface area contributed by atoms with Gasteiger partial charge in [-0.3, -0.25) is 4.79 Å². The third-order valence-electron chi connectivity index (χ3n) is 1.71. The number of nitrogens with zero attached hydrogens (tertiary/aromatic N) is 1. The lowest BCUT2D eigenvalue weighted by Gasteiger charge is -2.03. The smallest absolute Gasteiger partial charge is 0.245 e. The first kappa shape index (κ1) is 7.95. The summed E-state index contributed by atoms with van der Waals surface area (Å²) in [5.74, 6) is -0.147. The Hall–Kier alpha value is -1.15. The molecule has 0 aromatic heterocycles. The van der Waals surface area contributed by atoms with Crippen LogP contribution in [-0.2, 0) is 9.59 Å². The number of hydrogen-bond acceptors (Lipinski definition) is 3. The molecule has 0 spiro atoms. The number of aliphatic imine (C=N–C) groups is 1. The van der Waals surface area contributed by atoms with Crippen LogP contribution in [0.5, 0.6) is 0 Å². The van der Waals surface area contributed by atoms with Crippen LogP contribution in [0, 0.1) is 0 Å². The highest BCUT2D eigenvalue weighted by atomic mass is 16.2. The number of rotatable bonds is 1. The molecule has 1 fully saturated rings. The quantitative estimate of drug-likeness (QED) is 0.426. The second kappa shape index (κ2) is 3.88. The monoisotopic (exact) mass is 154 g/mol. The van der Waals surface area contributed by atoms with E-state index in [-0.39, 0.29) is 5.91 Å². The fourth-order valence-corrected chi connectivity index (χ4v) is 1.11. The Labute approximate surface area is 64.7 Å². The molecule has 1 N–H and O–H groups in total. The van der Waals surface area contributed by atoms with Gasteiger partial charge in [-0.05, 0) is 19.3 Å². The topological polar surface area (TPSA) is 58.5 Å². The van der Waals surface area contributed by atoms with Crippen molar-refractivity contribution >= 4 is 12.0 Å². The lowest BCUT2D eigenvalue weighted by Crippen LogP contribution is -2.31. The van der Waals surface area contributed by atoms with Gasteiger partial charge in [-0.2, -0.15) is 4.99 Å². The summed E-state index contributed by atoms with van der Waals surface area (Å²) >= 11 is 0. The predicted octanol–water partition coefficient (Wildman–Crippen LogP) is -0.00910. The van der Waals surface area contributed by atoms with E-state index >= 15 is 0 Å². The lowest BCUT2D eigenvalue weighted by molar-refractivity contribution is -0.121. The molecule has 1 saturated heterocycles. The Kier molecular flexibility index (Phi) is 2.81. The molecule has 1 unspecified atom stereocenters. The molecule has 0 aliphatic carbocycles. The summed E-state index contributed by atoms with van der Waals surface area (Å²) in [5, 5.41) is 2.67. The zero-order valence-electron chi connectivity index (χ0n) is 6.17. The summed E-state index contributed by atoms with van der Waals surface area (Å²) in [5.41, 5.74) is 0. The minimum absolute atomic E-state index is 0.147. The molecular formula is C7H10N2O2. The minimum atomic E-state index is -0.491. The molecule has 1 heterocycles. The third kappa shape index (κ3) is 2.16. The van der Waals surface area contributed by atoms with E-state index in [1.807, 2.05) is 0 Å². The van der Waals surface area contributed by atoms with Crippen molar-refractivity contribution in [1.29, 1.82) is 0 Å². The standard InChI is InChI=1S/C7H10N2O2/c10-5-9-6-3-1-2-4-8-7(6)11/h6H,1-4H2,(H,8,11). The lowest BCUT2D eigenvalue weighted by atomic mass is 10.1. The molecule has 1 amide bonds. The second-order valence-corrected chi connectivity index (χ2v) is 2.52. The van der Waals surface area contributed by atoms with Crippen LogP contribution in [0.1, 0.15) is 19.3 Å². The molecule has 0 aromatic carbocycles. The minimum Gasteiger partial charge on any atom is -0.354 e. The molecule has 11 heavy (non-hydrogen) atoms. The largest absolute Gasteiger partial charge is 0.354 e. The summed E-state index contributed by atoms with van der Waals surface area (Å²) in [6, 6.07) is -0.491. The van der Waals surface area contributed by atoms with Gasteiger partial charge in [0, 0.05) is 6.54 Å². The van der Waals surface area contributed by atoms with Gasteiger partial charge in [0.25, 0.3) is 0 Å². The fourth-order valence-electron chi connectivity index (χ4n) is 1.11. The van der Waals surface area contributed by atoms with Crippen LogP contribution in [0.25, 0.3) is 0 Å². The highest BCUT2D eigenvalue weighted by Crippen LogP contribution is 2.07. The zero-order valence-corrected chi connectivity index (χ0v) is 6.17. The van der Waals surface area contributed by atoms with E-state index in [0.29, 0.717) is 13.0 Å². The maximum absolute atomic E-state index is 11.0. The number of carbonyl (C=O) groups excluding carboxylic acids is 2. The number of carbonyl (C=O) groups is 1. The first-order valence-electron chi connectivity index (χ1n) is 3.69. The highest BCUT2D eigenvalue weighted by molar-refractivity contribution is 5.82. The first-order valence-corrected chi connectivity index (χ1v) is 3.69. The van der Waals surface area contributed by atoms with E-state index < -0.39 is 6.04 Å². The van der Waals surface area contributed by atoms with Crippen molar-refractivity contribution in [2.45, 2.75) is 25.3 Å². The van der Waals surface area contributed by atoms with E-state index in [2.05, 4.69) is 10.3 Å².